The van der Waals surface area contributed by atoms with Crippen LogP contribution < -0.4 is 0 Å². The average Bonchev–Trinajstić information content (AvgIpc) is 1.80. The molecule has 3 nitrogen and oxygen atoms in total. The molecule has 0 aromatic heterocycles. The summed E-state index contributed by atoms with van der Waals surface area (Å²) in [5.74, 6) is 0. The standard InChI is InChI=1S/C6H13NO2S/c1-6(2,3)10(9)7-4-5-8/h4,8H,5H2,1-3H3/b7-4+/t10-/m1/s1. The zero-order valence-electron chi connectivity index (χ0n) is 6.50. The van der Waals surface area contributed by atoms with Gasteiger partial charge in [0.2, 0.25) is 0 Å². The number of aliphatic hydroxyl groups excluding tert-OH is 1. The Balaban J connectivity index is 3.84. The summed E-state index contributed by atoms with van der Waals surface area (Å²) in [7, 11) is 0. The van der Waals surface area contributed by atoms with Crippen LogP contribution in [0.5, 0.6) is 0 Å². The van der Waals surface area contributed by atoms with Crippen LogP contribution in [0.25, 0.3) is 0 Å². The van der Waals surface area contributed by atoms with Crippen LogP contribution in [0.15, 0.2) is 4.40 Å². The van der Waals surface area contributed by atoms with Crippen LogP contribution in [-0.4, -0.2) is 27.2 Å². The van der Waals surface area contributed by atoms with E-state index in [1.165, 1.54) is 6.21 Å². The molecular formula is C6H13NO2S. The van der Waals surface area contributed by atoms with Gasteiger partial charge in [-0.25, -0.2) is 0 Å². The zero-order valence-corrected chi connectivity index (χ0v) is 7.31. The van der Waals surface area contributed by atoms with Gasteiger partial charge in [0.05, 0.1) is 12.8 Å². The number of hydrogen-bond acceptors (Lipinski definition) is 3. The Morgan fingerprint density at radius 1 is 1.60 bits per heavy atom. The molecule has 0 saturated heterocycles. The largest absolute Gasteiger partial charge is 0.591 e. The van der Waals surface area contributed by atoms with Crippen molar-refractivity contribution in [3.8, 4) is 0 Å². The summed E-state index contributed by atoms with van der Waals surface area (Å²) >= 11 is -1.23. The Hall–Kier alpha value is -0.0600. The Bertz CT molecular complexity index is 119. The molecule has 0 radical (unpaired) electrons. The van der Waals surface area contributed by atoms with Crippen LogP contribution in [0, 0.1) is 0 Å². The summed E-state index contributed by atoms with van der Waals surface area (Å²) < 4.78 is 14.3. The third kappa shape index (κ3) is 3.87. The smallest absolute Gasteiger partial charge is 0.144 e. The average molecular weight is 163 g/mol. The maximum atomic E-state index is 11.0. The minimum atomic E-state index is -1.23. The maximum absolute atomic E-state index is 11.0. The number of nitrogens with zero attached hydrogens (tertiary/aromatic N) is 1. The molecule has 0 aromatic rings. The van der Waals surface area contributed by atoms with E-state index >= 15 is 0 Å². The highest BCUT2D eigenvalue weighted by Gasteiger charge is 2.25. The van der Waals surface area contributed by atoms with Gasteiger partial charge in [-0.05, 0) is 20.8 Å². The highest BCUT2D eigenvalue weighted by molar-refractivity contribution is 7.91. The van der Waals surface area contributed by atoms with E-state index in [2.05, 4.69) is 4.40 Å². The van der Waals surface area contributed by atoms with Crippen molar-refractivity contribution >= 4 is 17.6 Å². The van der Waals surface area contributed by atoms with Crippen LogP contribution in [-0.2, 0) is 11.4 Å². The Morgan fingerprint density at radius 3 is 2.40 bits per heavy atom. The fourth-order valence-electron chi connectivity index (χ4n) is 0.259. The van der Waals surface area contributed by atoms with Gasteiger partial charge in [0.15, 0.2) is 0 Å². The normalized spacial score (nSPS) is 16.1. The zero-order chi connectivity index (χ0) is 8.20. The fraction of sp³-hybridized carbons (Fsp3) is 0.833. The minimum absolute atomic E-state index is 0.151. The van der Waals surface area contributed by atoms with E-state index in [0.717, 1.165) is 0 Å². The van der Waals surface area contributed by atoms with E-state index in [0.29, 0.717) is 0 Å². The van der Waals surface area contributed by atoms with Gasteiger partial charge in [0.25, 0.3) is 0 Å². The molecule has 1 atom stereocenters. The van der Waals surface area contributed by atoms with Crippen molar-refractivity contribution in [3.05, 3.63) is 0 Å². The second-order valence-electron chi connectivity index (χ2n) is 2.83. The Labute approximate surface area is 64.5 Å². The molecule has 0 saturated carbocycles. The lowest BCUT2D eigenvalue weighted by Gasteiger charge is -2.17. The van der Waals surface area contributed by atoms with E-state index < -0.39 is 11.4 Å². The summed E-state index contributed by atoms with van der Waals surface area (Å²) in [6.07, 6.45) is 1.25. The first-order chi connectivity index (χ1) is 4.48. The summed E-state index contributed by atoms with van der Waals surface area (Å²) in [5.41, 5.74) is 0. The van der Waals surface area contributed by atoms with Crippen molar-refractivity contribution < 1.29 is 9.66 Å². The van der Waals surface area contributed by atoms with Crippen molar-refractivity contribution in [1.29, 1.82) is 0 Å². The van der Waals surface area contributed by atoms with Gasteiger partial charge in [0, 0.05) is 0 Å². The third-order valence-electron chi connectivity index (χ3n) is 0.776. The number of aliphatic hydroxyl groups is 1. The van der Waals surface area contributed by atoms with Gasteiger partial charge in [-0.15, -0.1) is 0 Å². The second-order valence-corrected chi connectivity index (χ2v) is 4.77. The molecule has 0 rings (SSSR count). The van der Waals surface area contributed by atoms with Crippen LogP contribution in [0.4, 0.5) is 0 Å². The molecule has 0 fully saturated rings. The summed E-state index contributed by atoms with van der Waals surface area (Å²) in [6, 6.07) is 0. The highest BCUT2D eigenvalue weighted by Crippen LogP contribution is 2.15. The molecule has 4 heteroatoms. The van der Waals surface area contributed by atoms with Crippen LogP contribution in [0.2, 0.25) is 0 Å². The minimum Gasteiger partial charge on any atom is -0.591 e. The van der Waals surface area contributed by atoms with E-state index in [-0.39, 0.29) is 11.4 Å². The van der Waals surface area contributed by atoms with Crippen molar-refractivity contribution in [2.45, 2.75) is 25.5 Å². The highest BCUT2D eigenvalue weighted by atomic mass is 32.2. The lowest BCUT2D eigenvalue weighted by atomic mass is 10.3. The molecule has 0 amide bonds. The molecule has 0 bridgehead atoms. The number of rotatable bonds is 2. The van der Waals surface area contributed by atoms with Gasteiger partial charge >= 0.3 is 0 Å². The fourth-order valence-corrected chi connectivity index (χ4v) is 0.777. The first kappa shape index (κ1) is 9.94. The first-order valence-electron chi connectivity index (χ1n) is 3.04. The molecule has 60 valence electrons. The SMILES string of the molecule is CC(C)(C)[S@@+]([O-])/N=C/CO. The molecule has 0 unspecified atom stereocenters. The summed E-state index contributed by atoms with van der Waals surface area (Å²) in [6.45, 7) is 5.34. The van der Waals surface area contributed by atoms with Crippen molar-refractivity contribution in [1.82, 2.24) is 0 Å². The van der Waals surface area contributed by atoms with E-state index in [1.807, 2.05) is 20.8 Å². The van der Waals surface area contributed by atoms with Gasteiger partial charge in [-0.3, -0.25) is 0 Å². The second kappa shape index (κ2) is 3.95. The molecule has 10 heavy (non-hydrogen) atoms. The summed E-state index contributed by atoms with van der Waals surface area (Å²) in [4.78, 5) is 0. The topological polar surface area (TPSA) is 55.7 Å². The molecular weight excluding hydrogens is 150 g/mol. The number of hydrogen-bond donors (Lipinski definition) is 1. The van der Waals surface area contributed by atoms with Crippen LogP contribution >= 0.6 is 0 Å². The molecule has 0 heterocycles. The third-order valence-corrected chi connectivity index (χ3v) is 2.16. The molecule has 0 aromatic carbocycles. The lowest BCUT2D eigenvalue weighted by molar-refractivity contribution is 0.362. The molecule has 0 aliphatic carbocycles. The molecule has 0 spiro atoms. The monoisotopic (exact) mass is 163 g/mol. The van der Waals surface area contributed by atoms with Gasteiger partial charge in [-0.2, -0.15) is 0 Å². The maximum Gasteiger partial charge on any atom is 0.144 e. The van der Waals surface area contributed by atoms with Crippen molar-refractivity contribution in [2.75, 3.05) is 6.61 Å². The molecule has 1 N–H and O–H groups in total. The van der Waals surface area contributed by atoms with Crippen LogP contribution in [0.3, 0.4) is 0 Å². The molecule has 0 aliphatic heterocycles. The first-order valence-corrected chi connectivity index (χ1v) is 4.14. The van der Waals surface area contributed by atoms with Crippen molar-refractivity contribution in [3.63, 3.8) is 0 Å². The van der Waals surface area contributed by atoms with E-state index in [1.54, 1.807) is 0 Å². The summed E-state index contributed by atoms with van der Waals surface area (Å²) in [5, 5.41) is 8.30. The van der Waals surface area contributed by atoms with Gasteiger partial charge < -0.3 is 9.66 Å². The quantitative estimate of drug-likeness (QED) is 0.476. The Morgan fingerprint density at radius 2 is 2.10 bits per heavy atom. The van der Waals surface area contributed by atoms with E-state index in [9.17, 15) is 4.55 Å². The predicted octanol–water partition coefficient (Wildman–Crippen LogP) is 0.512. The van der Waals surface area contributed by atoms with Gasteiger partial charge in [-0.1, -0.05) is 4.40 Å². The van der Waals surface area contributed by atoms with E-state index in [4.69, 9.17) is 5.11 Å². The predicted molar refractivity (Wildman–Crippen MR) is 43.5 cm³/mol. The van der Waals surface area contributed by atoms with Crippen LogP contribution in [0.1, 0.15) is 20.8 Å². The Kier molecular flexibility index (Phi) is 3.93. The lowest BCUT2D eigenvalue weighted by Crippen LogP contribution is -2.25. The molecule has 0 aliphatic rings. The van der Waals surface area contributed by atoms with Crippen molar-refractivity contribution in [2.24, 2.45) is 4.40 Å². The van der Waals surface area contributed by atoms with Gasteiger partial charge in [0.1, 0.15) is 16.1 Å².